The van der Waals surface area contributed by atoms with Crippen molar-refractivity contribution in [3.8, 4) is 0 Å². The number of hydrogen-bond donors (Lipinski definition) is 3. The topological polar surface area (TPSA) is 113 Å². The number of carbonyl (C=O) groups excluding carboxylic acids is 1. The first-order valence-electron chi connectivity index (χ1n) is 13.0. The molecule has 1 amide bonds. The monoisotopic (exact) mass is 568 g/mol. The summed E-state index contributed by atoms with van der Waals surface area (Å²) in [6.07, 6.45) is 1.06. The number of hydrogen-bond acceptors (Lipinski definition) is 4. The zero-order valence-corrected chi connectivity index (χ0v) is 23.0. The first kappa shape index (κ1) is 30.5. The molecule has 0 radical (unpaired) electrons. The van der Waals surface area contributed by atoms with Crippen molar-refractivity contribution in [3.05, 3.63) is 59.7 Å². The van der Waals surface area contributed by atoms with Crippen LogP contribution in [0, 0.1) is 5.92 Å². The first-order chi connectivity index (χ1) is 18.1. The molecule has 2 aliphatic rings. The number of carboxylic acids is 1. The highest BCUT2D eigenvalue weighted by Crippen LogP contribution is 2.49. The second-order valence-corrected chi connectivity index (χ2v) is 12.4. The van der Waals surface area contributed by atoms with Gasteiger partial charge >= 0.3 is 12.1 Å². The Morgan fingerprint density at radius 3 is 1.90 bits per heavy atom. The molecular weight excluding hydrogens is 533 g/mol. The van der Waals surface area contributed by atoms with Gasteiger partial charge in [0.15, 0.2) is 0 Å². The largest absolute Gasteiger partial charge is 0.490 e. The summed E-state index contributed by atoms with van der Waals surface area (Å²) in [4.78, 5) is 22.2. The molecule has 4 rings (SSSR count). The van der Waals surface area contributed by atoms with Crippen LogP contribution < -0.4 is 10.0 Å². The first-order valence-corrected chi connectivity index (χ1v) is 14.5. The number of benzene rings is 2. The van der Waals surface area contributed by atoms with Gasteiger partial charge in [0.25, 0.3) is 10.0 Å². The van der Waals surface area contributed by atoms with E-state index in [0.717, 1.165) is 42.7 Å². The van der Waals surface area contributed by atoms with Crippen LogP contribution in [0.1, 0.15) is 76.3 Å². The summed E-state index contributed by atoms with van der Waals surface area (Å²) in [6.45, 7) is 6.43. The third kappa shape index (κ3) is 7.97. The maximum absolute atomic E-state index is 13.0. The molecule has 11 heteroatoms. The number of halogens is 3. The quantitative estimate of drug-likeness (QED) is 0.381. The van der Waals surface area contributed by atoms with Crippen molar-refractivity contribution < 1.29 is 36.3 Å². The van der Waals surface area contributed by atoms with Crippen molar-refractivity contribution >= 4 is 27.6 Å². The fourth-order valence-corrected chi connectivity index (χ4v) is 5.66. The molecule has 0 aromatic heterocycles. The van der Waals surface area contributed by atoms with Gasteiger partial charge in [-0.15, -0.1) is 0 Å². The van der Waals surface area contributed by atoms with Gasteiger partial charge in [0.2, 0.25) is 5.91 Å². The maximum atomic E-state index is 13.0. The van der Waals surface area contributed by atoms with Crippen LogP contribution in [0.15, 0.2) is 53.4 Å². The molecule has 214 valence electrons. The normalized spacial score (nSPS) is 20.4. The molecule has 2 saturated carbocycles. The number of aliphatic carboxylic acids is 1. The average molecular weight is 569 g/mol. The highest BCUT2D eigenvalue weighted by atomic mass is 32.2. The van der Waals surface area contributed by atoms with Crippen molar-refractivity contribution in [1.82, 2.24) is 5.32 Å². The van der Waals surface area contributed by atoms with Crippen LogP contribution in [0.2, 0.25) is 0 Å². The minimum atomic E-state index is -5.08. The Morgan fingerprint density at radius 2 is 1.46 bits per heavy atom. The van der Waals surface area contributed by atoms with Crippen LogP contribution in [0.25, 0.3) is 0 Å². The number of carboxylic acid groups (broad SMARTS) is 1. The second-order valence-electron chi connectivity index (χ2n) is 10.7. The molecule has 39 heavy (non-hydrogen) atoms. The minimum absolute atomic E-state index is 0.121. The zero-order valence-electron chi connectivity index (χ0n) is 22.2. The maximum Gasteiger partial charge on any atom is 0.490 e. The van der Waals surface area contributed by atoms with E-state index in [1.807, 2.05) is 24.3 Å². The molecule has 0 saturated heterocycles. The molecule has 7 nitrogen and oxygen atoms in total. The molecule has 2 aromatic carbocycles. The highest BCUT2D eigenvalue weighted by molar-refractivity contribution is 7.92. The number of sulfonamides is 1. The predicted molar refractivity (Wildman–Crippen MR) is 142 cm³/mol. The Hall–Kier alpha value is -3.08. The molecule has 2 aliphatic carbocycles. The molecule has 0 aliphatic heterocycles. The molecule has 0 spiro atoms. The van der Waals surface area contributed by atoms with Crippen LogP contribution in [0.5, 0.6) is 0 Å². The zero-order chi connectivity index (χ0) is 29.0. The molecule has 0 unspecified atom stereocenters. The molecular formula is C28H35F3N2O5S. The third-order valence-corrected chi connectivity index (χ3v) is 8.72. The number of amides is 1. The van der Waals surface area contributed by atoms with Gasteiger partial charge in [-0.25, -0.2) is 13.2 Å². The van der Waals surface area contributed by atoms with Gasteiger partial charge in [-0.1, -0.05) is 45.0 Å². The van der Waals surface area contributed by atoms with Gasteiger partial charge < -0.3 is 10.4 Å². The van der Waals surface area contributed by atoms with Gasteiger partial charge in [0.05, 0.1) is 10.3 Å². The van der Waals surface area contributed by atoms with E-state index in [4.69, 9.17) is 9.90 Å². The Bertz CT molecular complexity index is 1250. The van der Waals surface area contributed by atoms with Crippen molar-refractivity contribution in [3.63, 3.8) is 0 Å². The lowest BCUT2D eigenvalue weighted by molar-refractivity contribution is -0.192. The van der Waals surface area contributed by atoms with Gasteiger partial charge in [-0.3, -0.25) is 9.52 Å². The van der Waals surface area contributed by atoms with E-state index in [2.05, 4.69) is 30.8 Å². The minimum Gasteiger partial charge on any atom is -0.475 e. The van der Waals surface area contributed by atoms with E-state index in [0.29, 0.717) is 11.6 Å². The summed E-state index contributed by atoms with van der Waals surface area (Å²) < 4.78 is 59.9. The van der Waals surface area contributed by atoms with Gasteiger partial charge in [0, 0.05) is 11.7 Å². The van der Waals surface area contributed by atoms with Crippen LogP contribution in [0.3, 0.4) is 0 Å². The molecule has 2 fully saturated rings. The van der Waals surface area contributed by atoms with Gasteiger partial charge in [-0.2, -0.15) is 13.2 Å². The lowest BCUT2D eigenvalue weighted by Gasteiger charge is -2.28. The van der Waals surface area contributed by atoms with E-state index >= 15 is 0 Å². The average Bonchev–Trinajstić information content (AvgIpc) is 3.68. The lowest BCUT2D eigenvalue weighted by atomic mass is 9.86. The van der Waals surface area contributed by atoms with E-state index in [-0.39, 0.29) is 16.8 Å². The van der Waals surface area contributed by atoms with E-state index in [1.54, 1.807) is 24.3 Å². The molecule has 2 aromatic rings. The summed E-state index contributed by atoms with van der Waals surface area (Å²) >= 11 is 0. The fourth-order valence-electron chi connectivity index (χ4n) is 4.60. The van der Waals surface area contributed by atoms with Gasteiger partial charge in [-0.05, 0) is 85.8 Å². The number of nitrogens with one attached hydrogen (secondary N) is 2. The van der Waals surface area contributed by atoms with Crippen LogP contribution in [-0.4, -0.2) is 37.6 Å². The van der Waals surface area contributed by atoms with Crippen LogP contribution >= 0.6 is 0 Å². The van der Waals surface area contributed by atoms with E-state index in [9.17, 15) is 26.4 Å². The van der Waals surface area contributed by atoms with E-state index in [1.165, 1.54) is 12.8 Å². The number of rotatable bonds is 7. The molecule has 0 heterocycles. The Morgan fingerprint density at radius 1 is 0.949 bits per heavy atom. The summed E-state index contributed by atoms with van der Waals surface area (Å²) in [7, 11) is -3.66. The number of carbonyl (C=O) groups is 2. The predicted octanol–water partition coefficient (Wildman–Crippen LogP) is 5.97. The molecule has 0 bridgehead atoms. The molecule has 3 N–H and O–H groups in total. The van der Waals surface area contributed by atoms with Crippen LogP contribution in [0.4, 0.5) is 18.9 Å². The summed E-state index contributed by atoms with van der Waals surface area (Å²) in [5, 5.41) is 10.4. The summed E-state index contributed by atoms with van der Waals surface area (Å²) in [6, 6.07) is 14.5. The lowest BCUT2D eigenvalue weighted by Crippen LogP contribution is -2.43. The van der Waals surface area contributed by atoms with Crippen molar-refractivity contribution in [1.29, 1.82) is 0 Å². The van der Waals surface area contributed by atoms with Crippen LogP contribution in [-0.2, 0) is 25.0 Å². The smallest absolute Gasteiger partial charge is 0.475 e. The Balaban J connectivity index is 0.000000532. The Labute approximate surface area is 227 Å². The standard InChI is InChI=1S/C26H34N2O3S.C2HF3O2/c1-18(2)20-6-14-24(15-7-20)32(30,31)28-23-12-8-21(9-13-23)26(16-17-26)25(29)27-22-10-4-19(3)5-11-22;3-2(4,5)1(6)7/h6-9,12-15,18-19,22,28H,4-5,10-11,16-17H2,1-3H3,(H,27,29);(H,6,7). The van der Waals surface area contributed by atoms with Crippen molar-refractivity contribution in [2.45, 2.75) is 87.7 Å². The third-order valence-electron chi connectivity index (χ3n) is 7.32. The van der Waals surface area contributed by atoms with Gasteiger partial charge in [0.1, 0.15) is 0 Å². The summed E-state index contributed by atoms with van der Waals surface area (Å²) in [5.74, 6) is -1.54. The number of anilines is 1. The Kier molecular flexibility index (Phi) is 9.35. The van der Waals surface area contributed by atoms with E-state index < -0.39 is 27.6 Å². The number of alkyl halides is 3. The fraction of sp³-hybridized carbons (Fsp3) is 0.500. The summed E-state index contributed by atoms with van der Waals surface area (Å²) in [5.41, 5.74) is 2.11. The highest BCUT2D eigenvalue weighted by Gasteiger charge is 2.51. The van der Waals surface area contributed by atoms with Crippen molar-refractivity contribution in [2.24, 2.45) is 5.92 Å². The van der Waals surface area contributed by atoms with Crippen molar-refractivity contribution in [2.75, 3.05) is 4.72 Å². The second kappa shape index (κ2) is 12.0. The molecule has 0 atom stereocenters. The SMILES string of the molecule is CC1CCC(NC(=O)C2(c3ccc(NS(=O)(=O)c4ccc(C(C)C)cc4)cc3)CC2)CC1.O=C(O)C(F)(F)F.